The van der Waals surface area contributed by atoms with E-state index in [0.717, 1.165) is 25.1 Å². The Morgan fingerprint density at radius 1 is 1.20 bits per heavy atom. The van der Waals surface area contributed by atoms with Crippen LogP contribution in [0.1, 0.15) is 56.6 Å². The number of hydrogen-bond donors (Lipinski definition) is 2. The van der Waals surface area contributed by atoms with Gasteiger partial charge in [0, 0.05) is 24.6 Å². The van der Waals surface area contributed by atoms with E-state index in [-0.39, 0.29) is 12.2 Å². The number of benzene rings is 1. The van der Waals surface area contributed by atoms with Crippen molar-refractivity contribution in [3.63, 3.8) is 0 Å². The van der Waals surface area contributed by atoms with Crippen LogP contribution in [0.4, 0.5) is 0 Å². The molecule has 1 atom stereocenters. The smallest absolute Gasteiger partial charge is 0.124 e. The highest BCUT2D eigenvalue weighted by molar-refractivity contribution is 5.39. The molecular weight excluding hydrogens is 250 g/mol. The Hall–Kier alpha value is -1.06. The van der Waals surface area contributed by atoms with Crippen molar-refractivity contribution in [1.82, 2.24) is 5.32 Å². The second-order valence-corrected chi connectivity index (χ2v) is 6.17. The van der Waals surface area contributed by atoms with E-state index < -0.39 is 0 Å². The van der Waals surface area contributed by atoms with Crippen LogP contribution in [-0.2, 0) is 0 Å². The van der Waals surface area contributed by atoms with Crippen LogP contribution in [0.15, 0.2) is 24.3 Å². The first kappa shape index (κ1) is 13.9. The van der Waals surface area contributed by atoms with Gasteiger partial charge in [0.1, 0.15) is 11.4 Å². The lowest BCUT2D eigenvalue weighted by Crippen LogP contribution is -2.45. The summed E-state index contributed by atoms with van der Waals surface area (Å²) in [4.78, 5) is 0. The predicted molar refractivity (Wildman–Crippen MR) is 79.9 cm³/mol. The van der Waals surface area contributed by atoms with Gasteiger partial charge in [-0.3, -0.25) is 0 Å². The van der Waals surface area contributed by atoms with Gasteiger partial charge in [0.25, 0.3) is 0 Å². The lowest BCUT2D eigenvalue weighted by Gasteiger charge is -2.44. The molecule has 110 valence electrons. The minimum absolute atomic E-state index is 0.0451. The van der Waals surface area contributed by atoms with Crippen molar-refractivity contribution in [1.29, 1.82) is 0 Å². The van der Waals surface area contributed by atoms with Crippen LogP contribution in [-0.4, -0.2) is 23.9 Å². The molecule has 1 aromatic carbocycles. The van der Waals surface area contributed by atoms with Gasteiger partial charge in [0.2, 0.25) is 0 Å². The van der Waals surface area contributed by atoms with Crippen LogP contribution < -0.4 is 10.1 Å². The van der Waals surface area contributed by atoms with Gasteiger partial charge in [-0.15, -0.1) is 0 Å². The normalized spacial score (nSPS) is 24.1. The average Bonchev–Trinajstić information content (AvgIpc) is 2.48. The summed E-state index contributed by atoms with van der Waals surface area (Å²) in [6.07, 6.45) is 8.15. The Morgan fingerprint density at radius 2 is 2.00 bits per heavy atom. The molecule has 0 amide bonds. The Balaban J connectivity index is 1.80. The molecule has 1 aliphatic heterocycles. The summed E-state index contributed by atoms with van der Waals surface area (Å²) in [6.45, 7) is 1.12. The Kier molecular flexibility index (Phi) is 4.27. The molecule has 3 heteroatoms. The molecule has 0 radical (unpaired) electrons. The standard InChI is InChI=1S/C17H25NO2/c19-12-6-11-18-15-13-17(9-4-1-5-10-17)20-16-8-3-2-7-14(15)16/h2-3,7-8,15,18-19H,1,4-6,9-13H2. The maximum absolute atomic E-state index is 8.97. The summed E-state index contributed by atoms with van der Waals surface area (Å²) in [6, 6.07) is 8.78. The van der Waals surface area contributed by atoms with Gasteiger partial charge in [-0.25, -0.2) is 0 Å². The molecule has 3 rings (SSSR count). The van der Waals surface area contributed by atoms with E-state index in [1.54, 1.807) is 0 Å². The van der Waals surface area contributed by atoms with Crippen molar-refractivity contribution in [2.45, 2.75) is 56.6 Å². The molecule has 1 saturated carbocycles. The fraction of sp³-hybridized carbons (Fsp3) is 0.647. The van der Waals surface area contributed by atoms with E-state index in [9.17, 15) is 0 Å². The number of nitrogens with one attached hydrogen (secondary N) is 1. The van der Waals surface area contributed by atoms with Crippen LogP contribution in [0.25, 0.3) is 0 Å². The fourth-order valence-electron chi connectivity index (χ4n) is 3.66. The number of fused-ring (bicyclic) bond motifs is 1. The van der Waals surface area contributed by atoms with Crippen LogP contribution in [0.3, 0.4) is 0 Å². The van der Waals surface area contributed by atoms with E-state index in [1.165, 1.54) is 37.7 Å². The second kappa shape index (κ2) is 6.15. The minimum Gasteiger partial charge on any atom is -0.487 e. The first-order valence-electron chi connectivity index (χ1n) is 7.95. The van der Waals surface area contributed by atoms with Crippen LogP contribution in [0.2, 0.25) is 0 Å². The summed E-state index contributed by atoms with van der Waals surface area (Å²) in [7, 11) is 0. The van der Waals surface area contributed by atoms with E-state index in [0.29, 0.717) is 6.04 Å². The predicted octanol–water partition coefficient (Wildman–Crippen LogP) is 3.19. The molecule has 0 saturated heterocycles. The summed E-state index contributed by atoms with van der Waals surface area (Å²) in [5.74, 6) is 1.06. The number of para-hydroxylation sites is 1. The minimum atomic E-state index is 0.0451. The lowest BCUT2D eigenvalue weighted by molar-refractivity contribution is -0.00274. The molecule has 2 N–H and O–H groups in total. The molecule has 2 aliphatic rings. The number of aliphatic hydroxyl groups excluding tert-OH is 1. The zero-order chi connectivity index (χ0) is 13.8. The third-order valence-electron chi connectivity index (χ3n) is 4.69. The highest BCUT2D eigenvalue weighted by atomic mass is 16.5. The van der Waals surface area contributed by atoms with Crippen molar-refractivity contribution < 1.29 is 9.84 Å². The average molecular weight is 275 g/mol. The van der Waals surface area contributed by atoms with Crippen LogP contribution >= 0.6 is 0 Å². The molecule has 1 aliphatic carbocycles. The van der Waals surface area contributed by atoms with Gasteiger partial charge in [-0.05, 0) is 44.7 Å². The molecule has 3 nitrogen and oxygen atoms in total. The summed E-state index contributed by atoms with van der Waals surface area (Å²) >= 11 is 0. The highest BCUT2D eigenvalue weighted by Gasteiger charge is 2.41. The highest BCUT2D eigenvalue weighted by Crippen LogP contribution is 2.45. The van der Waals surface area contributed by atoms with Crippen LogP contribution in [0, 0.1) is 0 Å². The van der Waals surface area contributed by atoms with Crippen LogP contribution in [0.5, 0.6) is 5.75 Å². The first-order chi connectivity index (χ1) is 9.83. The van der Waals surface area contributed by atoms with Crippen molar-refractivity contribution in [2.24, 2.45) is 0 Å². The number of rotatable bonds is 4. The SMILES string of the molecule is OCCCNC1CC2(CCCCC2)Oc2ccccc21. The Bertz CT molecular complexity index is 440. The number of aliphatic hydroxyl groups is 1. The summed E-state index contributed by atoms with van der Waals surface area (Å²) < 4.78 is 6.41. The fourth-order valence-corrected chi connectivity index (χ4v) is 3.66. The molecular formula is C17H25NO2. The molecule has 1 aromatic rings. The monoisotopic (exact) mass is 275 g/mol. The molecule has 1 fully saturated rings. The van der Waals surface area contributed by atoms with E-state index in [1.807, 2.05) is 0 Å². The largest absolute Gasteiger partial charge is 0.487 e. The van der Waals surface area contributed by atoms with Crippen molar-refractivity contribution >= 4 is 0 Å². The van der Waals surface area contributed by atoms with Gasteiger partial charge in [-0.2, -0.15) is 0 Å². The number of ether oxygens (including phenoxy) is 1. The second-order valence-electron chi connectivity index (χ2n) is 6.17. The molecule has 1 spiro atoms. The third kappa shape index (κ3) is 2.84. The van der Waals surface area contributed by atoms with E-state index in [4.69, 9.17) is 9.84 Å². The summed E-state index contributed by atoms with van der Waals surface area (Å²) in [5.41, 5.74) is 1.32. The third-order valence-corrected chi connectivity index (χ3v) is 4.69. The zero-order valence-electron chi connectivity index (χ0n) is 12.1. The molecule has 1 unspecified atom stereocenters. The topological polar surface area (TPSA) is 41.5 Å². The first-order valence-corrected chi connectivity index (χ1v) is 7.95. The number of hydrogen-bond acceptors (Lipinski definition) is 3. The molecule has 1 heterocycles. The Labute approximate surface area is 121 Å². The quantitative estimate of drug-likeness (QED) is 0.829. The van der Waals surface area contributed by atoms with Crippen molar-refractivity contribution in [2.75, 3.05) is 13.2 Å². The summed E-state index contributed by atoms with van der Waals surface area (Å²) in [5, 5.41) is 12.6. The van der Waals surface area contributed by atoms with E-state index >= 15 is 0 Å². The maximum atomic E-state index is 8.97. The van der Waals surface area contributed by atoms with Gasteiger partial charge in [0.15, 0.2) is 0 Å². The van der Waals surface area contributed by atoms with Crippen molar-refractivity contribution in [3.8, 4) is 5.75 Å². The van der Waals surface area contributed by atoms with Gasteiger partial charge in [0.05, 0.1) is 0 Å². The molecule has 0 aromatic heterocycles. The molecule has 0 bridgehead atoms. The van der Waals surface area contributed by atoms with Gasteiger partial charge >= 0.3 is 0 Å². The lowest BCUT2D eigenvalue weighted by atomic mass is 9.77. The maximum Gasteiger partial charge on any atom is 0.124 e. The Morgan fingerprint density at radius 3 is 2.80 bits per heavy atom. The molecule has 20 heavy (non-hydrogen) atoms. The van der Waals surface area contributed by atoms with Gasteiger partial charge in [-0.1, -0.05) is 24.6 Å². The van der Waals surface area contributed by atoms with Crippen molar-refractivity contribution in [3.05, 3.63) is 29.8 Å². The zero-order valence-corrected chi connectivity index (χ0v) is 12.1. The van der Waals surface area contributed by atoms with Gasteiger partial charge < -0.3 is 15.2 Å². The van der Waals surface area contributed by atoms with E-state index in [2.05, 4.69) is 29.6 Å².